The number of carbonyl (C=O) groups is 1. The van der Waals surface area contributed by atoms with E-state index in [-0.39, 0.29) is 12.3 Å². The number of amides is 1. The van der Waals surface area contributed by atoms with Crippen LogP contribution in [0.2, 0.25) is 0 Å². The molecular weight excluding hydrogens is 1730 g/mol. The van der Waals surface area contributed by atoms with Crippen molar-refractivity contribution in [1.29, 1.82) is 0 Å². The van der Waals surface area contributed by atoms with E-state index in [4.69, 9.17) is 75.8 Å². The van der Waals surface area contributed by atoms with Crippen molar-refractivity contribution in [3.05, 3.63) is 12.2 Å². The van der Waals surface area contributed by atoms with Crippen molar-refractivity contribution in [3.8, 4) is 0 Å². The molecule has 8 rings (SSSR count). The zero-order chi connectivity index (χ0) is 94.8. The van der Waals surface area contributed by atoms with Gasteiger partial charge in [-0.25, -0.2) is 0 Å². The van der Waals surface area contributed by atoms with Crippen molar-refractivity contribution in [2.75, 3.05) is 59.5 Å². The standard InChI is InChI=1S/C86H155NO43/c1-3-5-7-9-11-13-15-17-18-19-20-22-24-26-28-30-32-34-54(97)87-44(45(96)33-31-29-27-25-23-21-16-14-12-10-8-6-4-2)43-115-79-65(108)62(105)72(52(41-94)122-79)124-81-66(109)63(106)73(53(42-95)123-81)125-82-67(110)75(57(100)47(36-89)117-82)127-84-69(112)77(59(102)49(38-91)119-84)129-86-71(114)78(60(103)51(40-93)121-86)130-85-70(113)76(58(101)50(39-92)120-85)128-83-68(111)74(56(99)48(37-90)118-83)126-80-64(107)61(104)55(98)46(35-88)116-80/h31,33,44-53,55-86,88-96,98-114H,3-30,32,34-43H2,1-2H3,(H,87,97)/b33-31+/t44-,45+,46?,47?,48?,49?,50?,51?,52?,53?,55-,56-,57-,58-,59-,60-,61-,62+,63+,64?,65?,66?,67?,68?,69?,70?,71?,72+,73-,74-,75-,76-,77-,78-,79+,80+,81-,82-,83+,84+,85+,86+/m0/s1. The maximum absolute atomic E-state index is 13.6. The molecule has 27 N–H and O–H groups in total. The number of rotatable bonds is 58. The Morgan fingerprint density at radius 2 is 0.500 bits per heavy atom. The highest BCUT2D eigenvalue weighted by atomic mass is 16.8. The summed E-state index contributed by atoms with van der Waals surface area (Å²) in [7, 11) is 0. The van der Waals surface area contributed by atoms with E-state index in [1.54, 1.807) is 6.08 Å². The van der Waals surface area contributed by atoms with Gasteiger partial charge in [-0.15, -0.1) is 0 Å². The van der Waals surface area contributed by atoms with E-state index >= 15 is 0 Å². The molecule has 0 spiro atoms. The van der Waals surface area contributed by atoms with Crippen LogP contribution in [-0.2, 0) is 80.6 Å². The van der Waals surface area contributed by atoms with Crippen molar-refractivity contribution in [2.24, 2.45) is 0 Å². The lowest BCUT2D eigenvalue weighted by atomic mass is 9.95. The summed E-state index contributed by atoms with van der Waals surface area (Å²) in [5.74, 6) is -0.353. The Kier molecular flexibility index (Phi) is 50.8. The van der Waals surface area contributed by atoms with Crippen LogP contribution < -0.4 is 5.32 Å². The molecule has 42 atom stereocenters. The van der Waals surface area contributed by atoms with Gasteiger partial charge in [0, 0.05) is 6.42 Å². The number of unbranched alkanes of at least 4 members (excludes halogenated alkanes) is 27. The number of aliphatic hydroxyl groups is 26. The maximum Gasteiger partial charge on any atom is 0.220 e. The molecule has 0 aromatic heterocycles. The molecule has 8 heterocycles. The summed E-state index contributed by atoms with van der Waals surface area (Å²) in [6, 6.07) is -1.08. The van der Waals surface area contributed by atoms with Crippen LogP contribution in [0, 0.1) is 0 Å². The Bertz CT molecular complexity index is 3040. The molecule has 0 aromatic carbocycles. The van der Waals surface area contributed by atoms with Gasteiger partial charge in [-0.3, -0.25) is 4.79 Å². The van der Waals surface area contributed by atoms with Crippen molar-refractivity contribution < 1.29 is 213 Å². The summed E-state index contributed by atoms with van der Waals surface area (Å²) in [4.78, 5) is 13.6. The number of hydrogen-bond donors (Lipinski definition) is 27. The van der Waals surface area contributed by atoms with Gasteiger partial charge >= 0.3 is 0 Å². The highest BCUT2D eigenvalue weighted by molar-refractivity contribution is 5.76. The Hall–Kier alpha value is -2.47. The minimum Gasteiger partial charge on any atom is -0.394 e. The lowest BCUT2D eigenvalue weighted by molar-refractivity contribution is -0.401. The van der Waals surface area contributed by atoms with Crippen LogP contribution in [0.15, 0.2) is 12.2 Å². The van der Waals surface area contributed by atoms with Crippen molar-refractivity contribution in [3.63, 3.8) is 0 Å². The summed E-state index contributed by atoms with van der Waals surface area (Å²) in [6.45, 7) is -4.49. The predicted octanol–water partition coefficient (Wildman–Crippen LogP) is -6.28. The smallest absolute Gasteiger partial charge is 0.220 e. The molecule has 8 saturated heterocycles. The van der Waals surface area contributed by atoms with E-state index in [1.165, 1.54) is 122 Å². The Morgan fingerprint density at radius 3 is 0.792 bits per heavy atom. The second kappa shape index (κ2) is 58.6. The number of carbonyl (C=O) groups excluding carboxylic acids is 1. The lowest BCUT2D eigenvalue weighted by Gasteiger charge is -2.50. The van der Waals surface area contributed by atoms with Gasteiger partial charge in [-0.05, 0) is 19.3 Å². The lowest BCUT2D eigenvalue weighted by Crippen LogP contribution is -2.69. The number of ether oxygens (including phenoxy) is 16. The predicted molar refractivity (Wildman–Crippen MR) is 445 cm³/mol. The fourth-order valence-electron chi connectivity index (χ4n) is 17.6. The van der Waals surface area contributed by atoms with Crippen LogP contribution in [-0.4, -0.2) is 456 Å². The van der Waals surface area contributed by atoms with Crippen molar-refractivity contribution in [1.82, 2.24) is 5.32 Å². The molecule has 0 aliphatic carbocycles. The SMILES string of the molecule is CCCCCCCCCCCCC/C=C/[C@@H](O)[C@H](CO[C@@H]1OC(CO)[C@@H](O[C@@H]2OC(CO)[C@H](O[C@@H]3OC(CO)[C@H](O)[C@H](O[C@H]4OC(CO)[C@H](O)[C@H](O[C@H]5OC(CO)[C@H](O)[C@H](O[C@H]6OC(CO)[C@H](O)[C@H](O[C@H]7OC(CO)[C@H](O)[C@H](O[C@H]8OC(CO)[C@H](O)[C@H](O)C8O)C7O)C6O)C5O)C4O)C3O)[C@H](O)C2O)[C@H](O)C1O)NC(=O)CCCCCCCCCCCCCCCCCCC. The first kappa shape index (κ1) is 113. The van der Waals surface area contributed by atoms with Gasteiger partial charge < -0.3 is 214 Å². The molecule has 0 aromatic rings. The summed E-state index contributed by atoms with van der Waals surface area (Å²) in [6.07, 6.45) is -46.5. The molecule has 44 nitrogen and oxygen atoms in total. The zero-order valence-electron chi connectivity index (χ0n) is 74.5. The van der Waals surface area contributed by atoms with Crippen molar-refractivity contribution >= 4 is 5.91 Å². The van der Waals surface area contributed by atoms with E-state index < -0.39 is 317 Å². The fraction of sp³-hybridized carbons (Fsp3) is 0.965. The molecule has 16 unspecified atom stereocenters. The first-order chi connectivity index (χ1) is 62.5. The largest absolute Gasteiger partial charge is 0.394 e. The van der Waals surface area contributed by atoms with Crippen molar-refractivity contribution in [2.45, 2.75) is 464 Å². The van der Waals surface area contributed by atoms with Gasteiger partial charge in [0.05, 0.1) is 71.6 Å². The Morgan fingerprint density at radius 1 is 0.269 bits per heavy atom. The van der Waals surface area contributed by atoms with E-state index in [9.17, 15) is 138 Å². The molecule has 762 valence electrons. The number of allylic oxidation sites excluding steroid dienone is 1. The number of nitrogens with one attached hydrogen (secondary N) is 1. The molecule has 0 radical (unpaired) electrons. The van der Waals surface area contributed by atoms with Gasteiger partial charge in [0.1, 0.15) is 195 Å². The third-order valence-electron chi connectivity index (χ3n) is 25.7. The van der Waals surface area contributed by atoms with E-state index in [0.29, 0.717) is 12.8 Å². The fourth-order valence-corrected chi connectivity index (χ4v) is 17.6. The molecule has 8 aliphatic heterocycles. The molecule has 130 heavy (non-hydrogen) atoms. The highest BCUT2D eigenvalue weighted by Gasteiger charge is 2.60. The summed E-state index contributed by atoms with van der Waals surface area (Å²) in [5, 5.41) is 292. The van der Waals surface area contributed by atoms with Gasteiger partial charge in [0.25, 0.3) is 0 Å². The van der Waals surface area contributed by atoms with Crippen LogP contribution >= 0.6 is 0 Å². The van der Waals surface area contributed by atoms with E-state index in [1.807, 2.05) is 6.08 Å². The van der Waals surface area contributed by atoms with Gasteiger partial charge in [-0.1, -0.05) is 193 Å². The summed E-state index contributed by atoms with van der Waals surface area (Å²) < 4.78 is 92.3. The minimum absolute atomic E-state index is 0.164. The van der Waals surface area contributed by atoms with Crippen LogP contribution in [0.25, 0.3) is 0 Å². The first-order valence-corrected chi connectivity index (χ1v) is 47.0. The molecule has 8 fully saturated rings. The quantitative estimate of drug-likeness (QED) is 0.0199. The first-order valence-electron chi connectivity index (χ1n) is 47.0. The molecule has 0 saturated carbocycles. The number of aliphatic hydroxyl groups excluding tert-OH is 26. The van der Waals surface area contributed by atoms with Crippen LogP contribution in [0.5, 0.6) is 0 Å². The molecule has 8 aliphatic rings. The minimum atomic E-state index is -2.39. The topological polar surface area (TPSA) is 703 Å². The molecule has 1 amide bonds. The van der Waals surface area contributed by atoms with E-state index in [2.05, 4.69) is 19.2 Å². The normalized spacial score (nSPS) is 41.0. The third-order valence-corrected chi connectivity index (χ3v) is 25.7. The molecular formula is C86H155NO43. The second-order valence-electron chi connectivity index (χ2n) is 35.5. The van der Waals surface area contributed by atoms with Crippen LogP contribution in [0.4, 0.5) is 0 Å². The monoisotopic (exact) mass is 1890 g/mol. The second-order valence-corrected chi connectivity index (χ2v) is 35.5. The van der Waals surface area contributed by atoms with Gasteiger partial charge in [0.2, 0.25) is 5.91 Å². The number of hydrogen-bond acceptors (Lipinski definition) is 43. The van der Waals surface area contributed by atoms with Gasteiger partial charge in [-0.2, -0.15) is 0 Å². The van der Waals surface area contributed by atoms with Gasteiger partial charge in [0.15, 0.2) is 50.3 Å². The summed E-state index contributed by atoms with van der Waals surface area (Å²) >= 11 is 0. The molecule has 0 bridgehead atoms. The van der Waals surface area contributed by atoms with E-state index in [0.717, 1.165) is 51.4 Å². The summed E-state index contributed by atoms with van der Waals surface area (Å²) in [5.41, 5.74) is 0. The average Bonchev–Trinajstić information content (AvgIpc) is 0.769. The average molecular weight is 1890 g/mol. The van der Waals surface area contributed by atoms with Crippen LogP contribution in [0.3, 0.4) is 0 Å². The van der Waals surface area contributed by atoms with Crippen LogP contribution in [0.1, 0.15) is 206 Å². The Balaban J connectivity index is 0.863. The zero-order valence-corrected chi connectivity index (χ0v) is 74.5. The third kappa shape index (κ3) is 31.5. The Labute approximate surface area is 757 Å². The molecule has 44 heteroatoms. The maximum atomic E-state index is 13.6. The highest BCUT2D eigenvalue weighted by Crippen LogP contribution is 2.40.